The molecular weight excluding hydrogens is 302 g/mol. The lowest BCUT2D eigenvalue weighted by molar-refractivity contribution is 0.288. The van der Waals surface area contributed by atoms with E-state index in [1.54, 1.807) is 35.5 Å². The maximum Gasteiger partial charge on any atom is 0.243 e. The van der Waals surface area contributed by atoms with Gasteiger partial charge in [-0.15, -0.1) is 0 Å². The normalized spacial score (nSPS) is 17.7. The summed E-state index contributed by atoms with van der Waals surface area (Å²) in [6.07, 6.45) is 1.81. The Morgan fingerprint density at radius 2 is 2.00 bits per heavy atom. The van der Waals surface area contributed by atoms with E-state index in [0.29, 0.717) is 36.3 Å². The topological polar surface area (TPSA) is 76.3 Å². The molecular formula is C15H19N3O3S. The number of sulfonamides is 1. The van der Waals surface area contributed by atoms with Crippen LogP contribution in [0.3, 0.4) is 0 Å². The minimum absolute atomic E-state index is 0.280. The van der Waals surface area contributed by atoms with Crippen LogP contribution in [0.5, 0.6) is 0 Å². The van der Waals surface area contributed by atoms with Gasteiger partial charge in [0.15, 0.2) is 0 Å². The first-order valence-electron chi connectivity index (χ1n) is 7.38. The fourth-order valence-corrected chi connectivity index (χ4v) is 4.10. The molecule has 22 heavy (non-hydrogen) atoms. The van der Waals surface area contributed by atoms with Gasteiger partial charge in [0.1, 0.15) is 0 Å². The van der Waals surface area contributed by atoms with Gasteiger partial charge in [-0.25, -0.2) is 8.42 Å². The fraction of sp³-hybridized carbons (Fsp3) is 0.467. The fourth-order valence-electron chi connectivity index (χ4n) is 2.59. The number of aromatic nitrogens is 2. The third kappa shape index (κ3) is 2.91. The Bertz CT molecular complexity index is 762. The highest BCUT2D eigenvalue weighted by Gasteiger charge is 2.28. The zero-order valence-corrected chi connectivity index (χ0v) is 13.5. The molecule has 0 amide bonds. The maximum atomic E-state index is 12.7. The van der Waals surface area contributed by atoms with Crippen LogP contribution in [-0.4, -0.2) is 36.0 Å². The zero-order valence-electron chi connectivity index (χ0n) is 12.7. The van der Waals surface area contributed by atoms with Crippen molar-refractivity contribution in [3.05, 3.63) is 30.2 Å². The van der Waals surface area contributed by atoms with E-state index in [2.05, 4.69) is 17.1 Å². The maximum absolute atomic E-state index is 12.7. The predicted molar refractivity (Wildman–Crippen MR) is 81.6 cm³/mol. The van der Waals surface area contributed by atoms with Crippen molar-refractivity contribution < 1.29 is 12.9 Å². The highest BCUT2D eigenvalue weighted by Crippen LogP contribution is 2.26. The summed E-state index contributed by atoms with van der Waals surface area (Å²) in [6, 6.07) is 6.71. The molecule has 0 bridgehead atoms. The molecule has 3 rings (SSSR count). The molecule has 1 aliphatic rings. The monoisotopic (exact) mass is 321 g/mol. The molecule has 0 aliphatic carbocycles. The zero-order chi connectivity index (χ0) is 15.7. The standard InChI is InChI=1S/C15H19N3O3S/c1-11-6-8-18(9-7-11)22(19,20)14-5-3-4-13(10-14)15-16-12(2)21-17-15/h3-5,10-11H,6-9H2,1-2H3. The molecule has 1 aromatic carbocycles. The van der Waals surface area contributed by atoms with Crippen molar-refractivity contribution in [3.63, 3.8) is 0 Å². The van der Waals surface area contributed by atoms with E-state index in [4.69, 9.17) is 4.52 Å². The molecule has 0 radical (unpaired) electrons. The van der Waals surface area contributed by atoms with Gasteiger partial charge in [-0.2, -0.15) is 9.29 Å². The Morgan fingerprint density at radius 1 is 1.27 bits per heavy atom. The largest absolute Gasteiger partial charge is 0.339 e. The molecule has 0 saturated carbocycles. The second-order valence-corrected chi connectivity index (χ2v) is 7.69. The van der Waals surface area contributed by atoms with Gasteiger partial charge >= 0.3 is 0 Å². The highest BCUT2D eigenvalue weighted by atomic mass is 32.2. The summed E-state index contributed by atoms with van der Waals surface area (Å²) >= 11 is 0. The summed E-state index contributed by atoms with van der Waals surface area (Å²) in [5.41, 5.74) is 0.642. The van der Waals surface area contributed by atoms with Gasteiger partial charge in [0.05, 0.1) is 4.90 Å². The van der Waals surface area contributed by atoms with Crippen molar-refractivity contribution in [2.45, 2.75) is 31.6 Å². The van der Waals surface area contributed by atoms with Gasteiger partial charge in [-0.3, -0.25) is 0 Å². The first-order chi connectivity index (χ1) is 10.5. The van der Waals surface area contributed by atoms with Crippen LogP contribution < -0.4 is 0 Å². The number of nitrogens with zero attached hydrogens (tertiary/aromatic N) is 3. The van der Waals surface area contributed by atoms with Gasteiger partial charge in [0.25, 0.3) is 0 Å². The Balaban J connectivity index is 1.91. The average molecular weight is 321 g/mol. The number of hydrogen-bond acceptors (Lipinski definition) is 5. The van der Waals surface area contributed by atoms with Gasteiger partial charge in [-0.1, -0.05) is 24.2 Å². The SMILES string of the molecule is Cc1nc(-c2cccc(S(=O)(=O)N3CCC(C)CC3)c2)no1. The summed E-state index contributed by atoms with van der Waals surface area (Å²) in [7, 11) is -3.46. The van der Waals surface area contributed by atoms with Crippen LogP contribution in [0.2, 0.25) is 0 Å². The molecule has 2 heterocycles. The molecule has 7 heteroatoms. The van der Waals surface area contributed by atoms with Crippen LogP contribution in [0.15, 0.2) is 33.7 Å². The van der Waals surface area contributed by atoms with Gasteiger partial charge in [0, 0.05) is 25.6 Å². The minimum Gasteiger partial charge on any atom is -0.339 e. The van der Waals surface area contributed by atoms with Crippen molar-refractivity contribution in [2.75, 3.05) is 13.1 Å². The molecule has 0 N–H and O–H groups in total. The summed E-state index contributed by atoms with van der Waals surface area (Å²) in [4.78, 5) is 4.42. The van der Waals surface area contributed by atoms with Crippen LogP contribution in [0, 0.1) is 12.8 Å². The summed E-state index contributed by atoms with van der Waals surface area (Å²) in [5.74, 6) is 1.44. The third-order valence-corrected chi connectivity index (χ3v) is 5.89. The van der Waals surface area contributed by atoms with Crippen molar-refractivity contribution in [1.29, 1.82) is 0 Å². The van der Waals surface area contributed by atoms with E-state index in [0.717, 1.165) is 12.8 Å². The lowest BCUT2D eigenvalue weighted by Crippen LogP contribution is -2.37. The number of hydrogen-bond donors (Lipinski definition) is 0. The predicted octanol–water partition coefficient (Wildman–Crippen LogP) is 2.47. The molecule has 1 aliphatic heterocycles. The van der Waals surface area contributed by atoms with Gasteiger partial charge < -0.3 is 4.52 Å². The molecule has 0 atom stereocenters. The van der Waals surface area contributed by atoms with Crippen molar-refractivity contribution in [3.8, 4) is 11.4 Å². The Labute approximate surface area is 130 Å². The van der Waals surface area contributed by atoms with Crippen LogP contribution >= 0.6 is 0 Å². The quantitative estimate of drug-likeness (QED) is 0.868. The first kappa shape index (κ1) is 15.2. The second-order valence-electron chi connectivity index (χ2n) is 5.75. The van der Waals surface area contributed by atoms with Crippen LogP contribution in [0.4, 0.5) is 0 Å². The molecule has 6 nitrogen and oxygen atoms in total. The average Bonchev–Trinajstić information content (AvgIpc) is 2.94. The summed E-state index contributed by atoms with van der Waals surface area (Å²) < 4.78 is 32.0. The third-order valence-electron chi connectivity index (χ3n) is 4.00. The Morgan fingerprint density at radius 3 is 2.64 bits per heavy atom. The molecule has 118 valence electrons. The van der Waals surface area contributed by atoms with Crippen molar-refractivity contribution in [1.82, 2.24) is 14.4 Å². The second kappa shape index (κ2) is 5.81. The van der Waals surface area contributed by atoms with E-state index >= 15 is 0 Å². The highest BCUT2D eigenvalue weighted by molar-refractivity contribution is 7.89. The van der Waals surface area contributed by atoms with E-state index in [-0.39, 0.29) is 4.90 Å². The molecule has 1 fully saturated rings. The van der Waals surface area contributed by atoms with Crippen LogP contribution in [0.1, 0.15) is 25.7 Å². The molecule has 1 aromatic heterocycles. The Kier molecular flexibility index (Phi) is 4.01. The minimum atomic E-state index is -3.46. The summed E-state index contributed by atoms with van der Waals surface area (Å²) in [6.45, 7) is 5.01. The lowest BCUT2D eigenvalue weighted by Gasteiger charge is -2.29. The smallest absolute Gasteiger partial charge is 0.243 e. The molecule has 2 aromatic rings. The Hall–Kier alpha value is -1.73. The van der Waals surface area contributed by atoms with Gasteiger partial charge in [0.2, 0.25) is 21.7 Å². The van der Waals surface area contributed by atoms with Crippen molar-refractivity contribution in [2.24, 2.45) is 5.92 Å². The van der Waals surface area contributed by atoms with Crippen molar-refractivity contribution >= 4 is 10.0 Å². The van der Waals surface area contributed by atoms with E-state index in [1.807, 2.05) is 0 Å². The number of aryl methyl sites for hydroxylation is 1. The van der Waals surface area contributed by atoms with E-state index < -0.39 is 10.0 Å². The molecule has 0 spiro atoms. The van der Waals surface area contributed by atoms with E-state index in [1.165, 1.54) is 0 Å². The number of rotatable bonds is 3. The van der Waals surface area contributed by atoms with E-state index in [9.17, 15) is 8.42 Å². The first-order valence-corrected chi connectivity index (χ1v) is 8.82. The molecule has 1 saturated heterocycles. The lowest BCUT2D eigenvalue weighted by atomic mass is 10.0. The van der Waals surface area contributed by atoms with Gasteiger partial charge in [-0.05, 0) is 30.9 Å². The number of benzene rings is 1. The number of piperidine rings is 1. The van der Waals surface area contributed by atoms with Crippen LogP contribution in [-0.2, 0) is 10.0 Å². The molecule has 0 unspecified atom stereocenters. The van der Waals surface area contributed by atoms with Crippen LogP contribution in [0.25, 0.3) is 11.4 Å². The summed E-state index contributed by atoms with van der Waals surface area (Å²) in [5, 5.41) is 3.84.